The summed E-state index contributed by atoms with van der Waals surface area (Å²) in [5.74, 6) is -0.208. The highest BCUT2D eigenvalue weighted by Crippen LogP contribution is 2.17. The predicted octanol–water partition coefficient (Wildman–Crippen LogP) is 1.60. The van der Waals surface area contributed by atoms with Gasteiger partial charge >= 0.3 is 0 Å². The number of nitrogens with two attached hydrogens (primary N) is 1. The highest BCUT2D eigenvalue weighted by Gasteiger charge is 2.15. The van der Waals surface area contributed by atoms with E-state index in [1.54, 1.807) is 25.3 Å². The number of carbonyl (C=O) groups excluding carboxylic acids is 2. The first-order valence-corrected chi connectivity index (χ1v) is 7.28. The molecule has 0 aliphatic heterocycles. The number of aromatic nitrogens is 2. The van der Waals surface area contributed by atoms with Crippen LogP contribution in [0.1, 0.15) is 26.5 Å². The topological polar surface area (TPSA) is 110 Å². The molecule has 2 amide bonds. The van der Waals surface area contributed by atoms with Crippen molar-refractivity contribution < 1.29 is 14.3 Å². The van der Waals surface area contributed by atoms with Gasteiger partial charge in [-0.1, -0.05) is 18.2 Å². The molecule has 3 aromatic rings. The Bertz CT molecular complexity index is 917. The second kappa shape index (κ2) is 6.41. The highest BCUT2D eigenvalue weighted by molar-refractivity contribution is 6.06. The Hall–Kier alpha value is -3.35. The third-order valence-electron chi connectivity index (χ3n) is 3.58. The van der Waals surface area contributed by atoms with Crippen molar-refractivity contribution in [2.24, 2.45) is 5.73 Å². The number of para-hydroxylation sites is 1. The van der Waals surface area contributed by atoms with Crippen molar-refractivity contribution in [1.29, 1.82) is 0 Å². The Morgan fingerprint density at radius 3 is 2.79 bits per heavy atom. The van der Waals surface area contributed by atoms with Crippen molar-refractivity contribution in [2.75, 3.05) is 7.11 Å². The largest absolute Gasteiger partial charge is 0.497 e. The van der Waals surface area contributed by atoms with E-state index in [-0.39, 0.29) is 11.7 Å². The fourth-order valence-corrected chi connectivity index (χ4v) is 2.39. The number of ether oxygens (including phenoxy) is 1. The second-order valence-electron chi connectivity index (χ2n) is 5.19. The molecule has 0 unspecified atom stereocenters. The summed E-state index contributed by atoms with van der Waals surface area (Å²) >= 11 is 0. The maximum absolute atomic E-state index is 12.5. The lowest BCUT2D eigenvalue weighted by atomic mass is 10.1. The average molecular weight is 324 g/mol. The van der Waals surface area contributed by atoms with Crippen molar-refractivity contribution in [3.8, 4) is 5.75 Å². The zero-order valence-corrected chi connectivity index (χ0v) is 13.0. The third-order valence-corrected chi connectivity index (χ3v) is 3.58. The number of hydrogen-bond acceptors (Lipinski definition) is 4. The molecule has 0 saturated carbocycles. The summed E-state index contributed by atoms with van der Waals surface area (Å²) in [6.45, 7) is 0.347. The van der Waals surface area contributed by atoms with Crippen LogP contribution >= 0.6 is 0 Å². The number of fused-ring (bicyclic) bond motifs is 1. The van der Waals surface area contributed by atoms with E-state index >= 15 is 0 Å². The van der Waals surface area contributed by atoms with Gasteiger partial charge < -0.3 is 20.8 Å². The monoisotopic (exact) mass is 324 g/mol. The van der Waals surface area contributed by atoms with Crippen LogP contribution in [0.5, 0.6) is 5.75 Å². The number of methoxy groups -OCH3 is 1. The van der Waals surface area contributed by atoms with Crippen molar-refractivity contribution in [2.45, 2.75) is 6.54 Å². The Labute approximate surface area is 137 Å². The van der Waals surface area contributed by atoms with Crippen LogP contribution in [0.25, 0.3) is 11.0 Å². The fourth-order valence-electron chi connectivity index (χ4n) is 2.39. The maximum atomic E-state index is 12.5. The van der Waals surface area contributed by atoms with E-state index in [0.717, 1.165) is 11.3 Å². The number of rotatable bonds is 5. The minimum Gasteiger partial charge on any atom is -0.497 e. The number of nitrogens with zero attached hydrogens (tertiary/aromatic N) is 1. The van der Waals surface area contributed by atoms with Gasteiger partial charge in [-0.25, -0.2) is 4.98 Å². The molecule has 7 nitrogen and oxygen atoms in total. The number of carbonyl (C=O) groups is 2. The Kier molecular flexibility index (Phi) is 4.15. The number of aromatic amines is 1. The summed E-state index contributed by atoms with van der Waals surface area (Å²) < 4.78 is 5.16. The van der Waals surface area contributed by atoms with Crippen molar-refractivity contribution in [3.63, 3.8) is 0 Å². The van der Waals surface area contributed by atoms with Crippen LogP contribution in [0.2, 0.25) is 0 Å². The third kappa shape index (κ3) is 3.05. The normalized spacial score (nSPS) is 10.5. The molecule has 0 spiro atoms. The van der Waals surface area contributed by atoms with Crippen LogP contribution < -0.4 is 15.8 Å². The lowest BCUT2D eigenvalue weighted by Crippen LogP contribution is -2.23. The van der Waals surface area contributed by atoms with Gasteiger partial charge in [-0.2, -0.15) is 0 Å². The quantitative estimate of drug-likeness (QED) is 0.662. The van der Waals surface area contributed by atoms with Gasteiger partial charge in [0.2, 0.25) is 0 Å². The van der Waals surface area contributed by atoms with Crippen molar-refractivity contribution >= 4 is 22.8 Å². The van der Waals surface area contributed by atoms with E-state index in [0.29, 0.717) is 23.1 Å². The van der Waals surface area contributed by atoms with Crippen LogP contribution in [0.3, 0.4) is 0 Å². The molecule has 0 radical (unpaired) electrons. The van der Waals surface area contributed by atoms with Gasteiger partial charge in [-0.15, -0.1) is 0 Å². The number of benzene rings is 2. The van der Waals surface area contributed by atoms with Gasteiger partial charge in [0.25, 0.3) is 11.8 Å². The van der Waals surface area contributed by atoms with Crippen LogP contribution in [-0.2, 0) is 6.54 Å². The standard InChI is InChI=1S/C17H16N4O3/c1-24-11-5-2-4-10(8-11)9-19-17(23)12-6-3-7-13-14(12)21-16(20-13)15(18)22/h2-8H,9H2,1H3,(H2,18,22)(H,19,23)(H,20,21). The number of H-pyrrole nitrogens is 1. The van der Waals surface area contributed by atoms with E-state index in [1.807, 2.05) is 24.3 Å². The molecule has 0 bridgehead atoms. The lowest BCUT2D eigenvalue weighted by molar-refractivity contribution is 0.0950. The first-order valence-electron chi connectivity index (χ1n) is 7.28. The minimum absolute atomic E-state index is 0.0260. The second-order valence-corrected chi connectivity index (χ2v) is 5.19. The average Bonchev–Trinajstić information content (AvgIpc) is 3.04. The summed E-state index contributed by atoms with van der Waals surface area (Å²) in [4.78, 5) is 30.6. The zero-order valence-electron chi connectivity index (χ0n) is 13.0. The number of primary amides is 1. The summed E-state index contributed by atoms with van der Waals surface area (Å²) in [5.41, 5.74) is 7.50. The van der Waals surface area contributed by atoms with Gasteiger partial charge in [0, 0.05) is 6.54 Å². The molecule has 3 rings (SSSR count). The molecule has 0 saturated heterocycles. The molecule has 0 aliphatic rings. The molecule has 1 heterocycles. The Morgan fingerprint density at radius 1 is 1.25 bits per heavy atom. The fraction of sp³-hybridized carbons (Fsp3) is 0.118. The molecule has 122 valence electrons. The van der Waals surface area contributed by atoms with E-state index in [9.17, 15) is 9.59 Å². The summed E-state index contributed by atoms with van der Waals surface area (Å²) in [6, 6.07) is 12.5. The molecule has 0 atom stereocenters. The van der Waals surface area contributed by atoms with Crippen LogP contribution in [0, 0.1) is 0 Å². The first kappa shape index (κ1) is 15.5. The lowest BCUT2D eigenvalue weighted by Gasteiger charge is -2.07. The van der Waals surface area contributed by atoms with Crippen LogP contribution in [0.4, 0.5) is 0 Å². The first-order chi connectivity index (χ1) is 11.6. The maximum Gasteiger partial charge on any atom is 0.284 e. The molecule has 7 heteroatoms. The van der Waals surface area contributed by atoms with E-state index < -0.39 is 5.91 Å². The molecule has 4 N–H and O–H groups in total. The SMILES string of the molecule is COc1cccc(CNC(=O)c2cccc3[nH]c(C(N)=O)nc23)c1. The minimum atomic E-state index is -0.672. The highest BCUT2D eigenvalue weighted by atomic mass is 16.5. The number of hydrogen-bond donors (Lipinski definition) is 3. The molecule has 0 aliphatic carbocycles. The molecule has 1 aromatic heterocycles. The van der Waals surface area contributed by atoms with Gasteiger partial charge in [0.15, 0.2) is 5.82 Å². The Balaban J connectivity index is 1.82. The molecular formula is C17H16N4O3. The van der Waals surface area contributed by atoms with Gasteiger partial charge in [0.05, 0.1) is 18.2 Å². The molecule has 24 heavy (non-hydrogen) atoms. The van der Waals surface area contributed by atoms with E-state index in [2.05, 4.69) is 15.3 Å². The van der Waals surface area contributed by atoms with Crippen LogP contribution in [0.15, 0.2) is 42.5 Å². The molecule has 2 aromatic carbocycles. The van der Waals surface area contributed by atoms with Crippen molar-refractivity contribution in [1.82, 2.24) is 15.3 Å². The molecular weight excluding hydrogens is 308 g/mol. The smallest absolute Gasteiger partial charge is 0.284 e. The summed E-state index contributed by atoms with van der Waals surface area (Å²) in [7, 11) is 1.59. The number of imidazole rings is 1. The van der Waals surface area contributed by atoms with Gasteiger partial charge in [0.1, 0.15) is 11.3 Å². The van der Waals surface area contributed by atoms with Gasteiger partial charge in [-0.05, 0) is 29.8 Å². The van der Waals surface area contributed by atoms with Crippen molar-refractivity contribution in [3.05, 3.63) is 59.4 Å². The predicted molar refractivity (Wildman–Crippen MR) is 88.8 cm³/mol. The van der Waals surface area contributed by atoms with Crippen LogP contribution in [-0.4, -0.2) is 28.9 Å². The summed E-state index contributed by atoms with van der Waals surface area (Å²) in [6.07, 6.45) is 0. The van der Waals surface area contributed by atoms with E-state index in [4.69, 9.17) is 10.5 Å². The zero-order chi connectivity index (χ0) is 17.1. The summed E-state index contributed by atoms with van der Waals surface area (Å²) in [5, 5.41) is 2.83. The number of amides is 2. The van der Waals surface area contributed by atoms with E-state index in [1.165, 1.54) is 0 Å². The number of nitrogens with one attached hydrogen (secondary N) is 2. The molecule has 0 fully saturated rings. The van der Waals surface area contributed by atoms with Gasteiger partial charge in [-0.3, -0.25) is 9.59 Å². The Morgan fingerprint density at radius 2 is 2.04 bits per heavy atom.